The fourth-order valence-electron chi connectivity index (χ4n) is 1.44. The highest BCUT2D eigenvalue weighted by molar-refractivity contribution is 5.14. The molecule has 0 heterocycles. The van der Waals surface area contributed by atoms with Crippen LogP contribution in [-0.4, -0.2) is 13.1 Å². The molecule has 0 fully saturated rings. The second-order valence-electron chi connectivity index (χ2n) is 3.56. The second kappa shape index (κ2) is 8.06. The van der Waals surface area contributed by atoms with Crippen molar-refractivity contribution in [3.63, 3.8) is 0 Å². The van der Waals surface area contributed by atoms with Gasteiger partial charge in [-0.15, -0.1) is 0 Å². The lowest BCUT2D eigenvalue weighted by Crippen LogP contribution is -2.18. The second-order valence-corrected chi connectivity index (χ2v) is 3.56. The molecule has 1 aromatic carbocycles. The number of hydrogen-bond acceptors (Lipinski definition) is 2. The van der Waals surface area contributed by atoms with Crippen LogP contribution in [-0.2, 0) is 6.42 Å². The number of allylic oxidation sites excluding steroid dienone is 1. The van der Waals surface area contributed by atoms with Gasteiger partial charge in [0.25, 0.3) is 0 Å². The Morgan fingerprint density at radius 2 is 1.93 bits per heavy atom. The third-order valence-corrected chi connectivity index (χ3v) is 2.29. The van der Waals surface area contributed by atoms with Gasteiger partial charge in [-0.05, 0) is 44.1 Å². The highest BCUT2D eigenvalue weighted by Crippen LogP contribution is 1.98. The quantitative estimate of drug-likeness (QED) is 0.667. The van der Waals surface area contributed by atoms with Crippen LogP contribution < -0.4 is 11.1 Å². The molecule has 2 heteroatoms. The molecule has 2 nitrogen and oxygen atoms in total. The molecule has 0 aliphatic carbocycles. The van der Waals surface area contributed by atoms with E-state index in [1.165, 1.54) is 5.56 Å². The Morgan fingerprint density at radius 3 is 2.67 bits per heavy atom. The van der Waals surface area contributed by atoms with Gasteiger partial charge in [-0.1, -0.05) is 36.4 Å². The highest BCUT2D eigenvalue weighted by atomic mass is 14.8. The van der Waals surface area contributed by atoms with Crippen LogP contribution in [0.3, 0.4) is 0 Å². The molecule has 15 heavy (non-hydrogen) atoms. The molecule has 0 unspecified atom stereocenters. The molecule has 0 aliphatic rings. The largest absolute Gasteiger partial charge is 0.405 e. The smallest absolute Gasteiger partial charge is 0.000835 e. The van der Waals surface area contributed by atoms with Gasteiger partial charge in [0, 0.05) is 0 Å². The number of nitrogens with one attached hydrogen (secondary N) is 1. The van der Waals surface area contributed by atoms with Gasteiger partial charge in [0.2, 0.25) is 0 Å². The topological polar surface area (TPSA) is 38.0 Å². The van der Waals surface area contributed by atoms with E-state index in [4.69, 9.17) is 5.73 Å². The Bertz CT molecular complexity index is 267. The summed E-state index contributed by atoms with van der Waals surface area (Å²) in [6.07, 6.45) is 6.94. The number of unbranched alkanes of at least 4 members (excludes halogenated alkanes) is 1. The predicted octanol–water partition coefficient (Wildman–Crippen LogP) is 2.07. The van der Waals surface area contributed by atoms with E-state index in [0.29, 0.717) is 0 Å². The molecule has 82 valence electrons. The molecule has 0 atom stereocenters. The van der Waals surface area contributed by atoms with Crippen molar-refractivity contribution in [3.8, 4) is 0 Å². The average molecular weight is 204 g/mol. The molecule has 3 N–H and O–H groups in total. The molecule has 0 radical (unpaired) electrons. The van der Waals surface area contributed by atoms with Gasteiger partial charge >= 0.3 is 0 Å². The SMILES string of the molecule is N/C=C/CCCNCCc1ccccc1. The first-order valence-electron chi connectivity index (χ1n) is 5.55. The normalized spacial score (nSPS) is 10.9. The summed E-state index contributed by atoms with van der Waals surface area (Å²) in [5.74, 6) is 0. The molecule has 0 aliphatic heterocycles. The van der Waals surface area contributed by atoms with Crippen molar-refractivity contribution in [2.45, 2.75) is 19.3 Å². The molecule has 0 aromatic heterocycles. The van der Waals surface area contributed by atoms with Crippen LogP contribution in [0.25, 0.3) is 0 Å². The monoisotopic (exact) mass is 204 g/mol. The first kappa shape index (κ1) is 11.8. The summed E-state index contributed by atoms with van der Waals surface area (Å²) >= 11 is 0. The molecule has 0 saturated heterocycles. The lowest BCUT2D eigenvalue weighted by molar-refractivity contribution is 0.652. The maximum atomic E-state index is 5.24. The molecule has 0 saturated carbocycles. The maximum absolute atomic E-state index is 5.24. The van der Waals surface area contributed by atoms with Crippen LogP contribution in [0.2, 0.25) is 0 Å². The lowest BCUT2D eigenvalue weighted by atomic mass is 10.1. The highest BCUT2D eigenvalue weighted by Gasteiger charge is 1.90. The van der Waals surface area contributed by atoms with Crippen LogP contribution >= 0.6 is 0 Å². The van der Waals surface area contributed by atoms with Crippen molar-refractivity contribution in [2.75, 3.05) is 13.1 Å². The van der Waals surface area contributed by atoms with Crippen molar-refractivity contribution < 1.29 is 0 Å². The van der Waals surface area contributed by atoms with Gasteiger partial charge in [-0.2, -0.15) is 0 Å². The standard InChI is InChI=1S/C13H20N2/c14-10-5-2-6-11-15-12-9-13-7-3-1-4-8-13/h1,3-5,7-8,10,15H,2,6,9,11-12,14H2/b10-5+. The van der Waals surface area contributed by atoms with Crippen LogP contribution in [0.1, 0.15) is 18.4 Å². The zero-order chi connectivity index (χ0) is 10.8. The van der Waals surface area contributed by atoms with E-state index in [1.807, 2.05) is 6.08 Å². The number of benzene rings is 1. The van der Waals surface area contributed by atoms with Crippen molar-refractivity contribution in [3.05, 3.63) is 48.2 Å². The number of hydrogen-bond donors (Lipinski definition) is 2. The zero-order valence-corrected chi connectivity index (χ0v) is 9.15. The fourth-order valence-corrected chi connectivity index (χ4v) is 1.44. The minimum Gasteiger partial charge on any atom is -0.405 e. The van der Waals surface area contributed by atoms with Gasteiger partial charge in [0.05, 0.1) is 0 Å². The fraction of sp³-hybridized carbons (Fsp3) is 0.385. The van der Waals surface area contributed by atoms with Crippen LogP contribution in [0.4, 0.5) is 0 Å². The Morgan fingerprint density at radius 1 is 1.13 bits per heavy atom. The van der Waals surface area contributed by atoms with Crippen LogP contribution in [0.5, 0.6) is 0 Å². The Hall–Kier alpha value is -1.28. The van der Waals surface area contributed by atoms with Gasteiger partial charge in [0.15, 0.2) is 0 Å². The number of nitrogens with two attached hydrogens (primary N) is 1. The summed E-state index contributed by atoms with van der Waals surface area (Å²) in [5, 5.41) is 3.42. The van der Waals surface area contributed by atoms with E-state index in [1.54, 1.807) is 6.20 Å². The predicted molar refractivity (Wildman–Crippen MR) is 65.6 cm³/mol. The molecule has 0 bridgehead atoms. The van der Waals surface area contributed by atoms with E-state index in [9.17, 15) is 0 Å². The maximum Gasteiger partial charge on any atom is -0.000835 e. The minimum atomic E-state index is 1.05. The van der Waals surface area contributed by atoms with Crippen LogP contribution in [0, 0.1) is 0 Å². The van der Waals surface area contributed by atoms with Gasteiger partial charge in [-0.3, -0.25) is 0 Å². The van der Waals surface area contributed by atoms with E-state index in [2.05, 4.69) is 35.6 Å². The molecule has 1 rings (SSSR count). The van der Waals surface area contributed by atoms with E-state index < -0.39 is 0 Å². The Labute approximate surface area is 92.2 Å². The third kappa shape index (κ3) is 5.92. The molecule has 1 aromatic rings. The molecule has 0 amide bonds. The van der Waals surface area contributed by atoms with E-state index >= 15 is 0 Å². The zero-order valence-electron chi connectivity index (χ0n) is 9.15. The van der Waals surface area contributed by atoms with Crippen molar-refractivity contribution in [1.29, 1.82) is 0 Å². The lowest BCUT2D eigenvalue weighted by Gasteiger charge is -2.03. The molecule has 0 spiro atoms. The summed E-state index contributed by atoms with van der Waals surface area (Å²) in [6.45, 7) is 2.12. The molecular formula is C13H20N2. The third-order valence-electron chi connectivity index (χ3n) is 2.29. The summed E-state index contributed by atoms with van der Waals surface area (Å²) in [4.78, 5) is 0. The molecular weight excluding hydrogens is 184 g/mol. The number of rotatable bonds is 7. The van der Waals surface area contributed by atoms with E-state index in [-0.39, 0.29) is 0 Å². The first-order chi connectivity index (χ1) is 7.43. The van der Waals surface area contributed by atoms with Gasteiger partial charge in [-0.25, -0.2) is 0 Å². The Kier molecular flexibility index (Phi) is 6.34. The average Bonchev–Trinajstić information content (AvgIpc) is 2.29. The van der Waals surface area contributed by atoms with Gasteiger partial charge < -0.3 is 11.1 Å². The Balaban J connectivity index is 1.98. The van der Waals surface area contributed by atoms with Gasteiger partial charge in [0.1, 0.15) is 0 Å². The van der Waals surface area contributed by atoms with E-state index in [0.717, 1.165) is 32.4 Å². The van der Waals surface area contributed by atoms with Crippen molar-refractivity contribution >= 4 is 0 Å². The summed E-state index contributed by atoms with van der Waals surface area (Å²) in [7, 11) is 0. The van der Waals surface area contributed by atoms with Crippen LogP contribution in [0.15, 0.2) is 42.6 Å². The summed E-state index contributed by atoms with van der Waals surface area (Å²) in [5.41, 5.74) is 6.64. The first-order valence-corrected chi connectivity index (χ1v) is 5.55. The van der Waals surface area contributed by atoms with Crippen molar-refractivity contribution in [1.82, 2.24) is 5.32 Å². The van der Waals surface area contributed by atoms with Crippen molar-refractivity contribution in [2.24, 2.45) is 5.73 Å². The minimum absolute atomic E-state index is 1.05. The summed E-state index contributed by atoms with van der Waals surface area (Å²) < 4.78 is 0. The summed E-state index contributed by atoms with van der Waals surface area (Å²) in [6, 6.07) is 10.6.